The molecule has 0 aromatic carbocycles. The molecule has 0 rings (SSSR count). The van der Waals surface area contributed by atoms with Gasteiger partial charge in [-0.05, 0) is 19.3 Å². The van der Waals surface area contributed by atoms with Gasteiger partial charge < -0.3 is 10.8 Å². The number of hydrogen-bond acceptors (Lipinski definition) is 3. The number of amides is 1. The van der Waals surface area contributed by atoms with Gasteiger partial charge in [0.05, 0.1) is 6.04 Å². The van der Waals surface area contributed by atoms with Crippen molar-refractivity contribution >= 4 is 11.9 Å². The molecule has 0 aliphatic carbocycles. The summed E-state index contributed by atoms with van der Waals surface area (Å²) < 4.78 is 0. The summed E-state index contributed by atoms with van der Waals surface area (Å²) in [7, 11) is 0. The van der Waals surface area contributed by atoms with Gasteiger partial charge in [0.15, 0.2) is 0 Å². The molecule has 0 saturated carbocycles. The summed E-state index contributed by atoms with van der Waals surface area (Å²) in [5.74, 6) is -1.45. The van der Waals surface area contributed by atoms with E-state index < -0.39 is 23.5 Å². The number of carboxylic acids is 1. The Bertz CT molecular complexity index is 237. The average Bonchev–Trinajstić information content (AvgIpc) is 2.19. The molecule has 1 atom stereocenters. The van der Waals surface area contributed by atoms with Gasteiger partial charge in [-0.1, -0.05) is 20.8 Å². The fourth-order valence-corrected chi connectivity index (χ4v) is 1.53. The van der Waals surface area contributed by atoms with Crippen LogP contribution in [-0.2, 0) is 9.59 Å². The highest BCUT2D eigenvalue weighted by atomic mass is 16.4. The predicted octanol–water partition coefficient (Wildman–Crippen LogP) is 0.483. The highest BCUT2D eigenvalue weighted by molar-refractivity contribution is 5.83. The first-order valence-corrected chi connectivity index (χ1v) is 5.23. The van der Waals surface area contributed by atoms with Gasteiger partial charge in [0.1, 0.15) is 5.54 Å². The third-order valence-electron chi connectivity index (χ3n) is 2.82. The highest BCUT2D eigenvalue weighted by Crippen LogP contribution is 2.17. The van der Waals surface area contributed by atoms with E-state index in [-0.39, 0.29) is 0 Å². The van der Waals surface area contributed by atoms with Crippen molar-refractivity contribution in [2.75, 3.05) is 0 Å². The minimum absolute atomic E-state index is 0.419. The van der Waals surface area contributed by atoms with E-state index in [0.717, 1.165) is 0 Å². The molecule has 0 radical (unpaired) electrons. The summed E-state index contributed by atoms with van der Waals surface area (Å²) in [6.07, 6.45) is 1.33. The van der Waals surface area contributed by atoms with Crippen molar-refractivity contribution in [2.45, 2.75) is 51.6 Å². The van der Waals surface area contributed by atoms with Crippen molar-refractivity contribution < 1.29 is 14.7 Å². The first-order chi connectivity index (χ1) is 6.93. The van der Waals surface area contributed by atoms with Gasteiger partial charge >= 0.3 is 5.97 Å². The van der Waals surface area contributed by atoms with E-state index in [1.54, 1.807) is 20.8 Å². The third-order valence-corrected chi connectivity index (χ3v) is 2.82. The van der Waals surface area contributed by atoms with Crippen LogP contribution in [0.3, 0.4) is 0 Å². The molecule has 0 fully saturated rings. The van der Waals surface area contributed by atoms with Crippen molar-refractivity contribution in [1.82, 2.24) is 5.32 Å². The number of nitrogens with two attached hydrogens (primary N) is 1. The summed E-state index contributed by atoms with van der Waals surface area (Å²) in [6, 6.07) is -0.582. The van der Waals surface area contributed by atoms with E-state index in [0.29, 0.717) is 19.3 Å². The second kappa shape index (κ2) is 5.70. The second-order valence-electron chi connectivity index (χ2n) is 3.60. The zero-order valence-electron chi connectivity index (χ0n) is 9.54. The number of carboxylic acid groups (broad SMARTS) is 1. The molecule has 5 nitrogen and oxygen atoms in total. The van der Waals surface area contributed by atoms with E-state index in [9.17, 15) is 9.59 Å². The maximum Gasteiger partial charge on any atom is 0.323 e. The molecule has 0 bridgehead atoms. The van der Waals surface area contributed by atoms with E-state index >= 15 is 0 Å². The summed E-state index contributed by atoms with van der Waals surface area (Å²) in [5.41, 5.74) is 4.12. The number of hydrogen-bond donors (Lipinski definition) is 3. The number of aliphatic carboxylic acids is 1. The van der Waals surface area contributed by atoms with Crippen LogP contribution < -0.4 is 11.1 Å². The first-order valence-electron chi connectivity index (χ1n) is 5.23. The van der Waals surface area contributed by atoms with E-state index in [4.69, 9.17) is 10.8 Å². The van der Waals surface area contributed by atoms with E-state index in [1.165, 1.54) is 0 Å². The fraction of sp³-hybridized carbons (Fsp3) is 0.800. The molecule has 5 heteroatoms. The van der Waals surface area contributed by atoms with Crippen molar-refractivity contribution in [3.8, 4) is 0 Å². The van der Waals surface area contributed by atoms with Gasteiger partial charge in [-0.25, -0.2) is 0 Å². The SMILES string of the molecule is CCC(NC(CC)(CC)C(=O)O)C(N)=O. The standard InChI is InChI=1S/C10H20N2O3/c1-4-7(8(11)13)12-10(5-2,6-3)9(14)15/h7,12H,4-6H2,1-3H3,(H2,11,13)(H,14,15). The largest absolute Gasteiger partial charge is 0.480 e. The lowest BCUT2D eigenvalue weighted by atomic mass is 9.91. The summed E-state index contributed by atoms with van der Waals surface area (Å²) in [6.45, 7) is 5.34. The maximum absolute atomic E-state index is 11.1. The summed E-state index contributed by atoms with van der Waals surface area (Å²) in [5, 5.41) is 12.0. The Labute approximate surface area is 90.0 Å². The van der Waals surface area contributed by atoms with Crippen molar-refractivity contribution in [2.24, 2.45) is 5.73 Å². The van der Waals surface area contributed by atoms with Crippen LogP contribution in [0, 0.1) is 0 Å². The lowest BCUT2D eigenvalue weighted by Gasteiger charge is -2.31. The van der Waals surface area contributed by atoms with Crippen LogP contribution in [-0.4, -0.2) is 28.6 Å². The van der Waals surface area contributed by atoms with Gasteiger partial charge in [0.25, 0.3) is 0 Å². The van der Waals surface area contributed by atoms with Gasteiger partial charge in [0, 0.05) is 0 Å². The number of carbonyl (C=O) groups is 2. The monoisotopic (exact) mass is 216 g/mol. The van der Waals surface area contributed by atoms with Gasteiger partial charge in [-0.15, -0.1) is 0 Å². The quantitative estimate of drug-likeness (QED) is 0.577. The molecule has 1 unspecified atom stereocenters. The summed E-state index contributed by atoms with van der Waals surface area (Å²) in [4.78, 5) is 22.2. The molecule has 0 spiro atoms. The van der Waals surface area contributed by atoms with Gasteiger partial charge in [0.2, 0.25) is 5.91 Å². The lowest BCUT2D eigenvalue weighted by molar-refractivity contribution is -0.146. The Morgan fingerprint density at radius 3 is 2.00 bits per heavy atom. The minimum Gasteiger partial charge on any atom is -0.480 e. The maximum atomic E-state index is 11.1. The smallest absolute Gasteiger partial charge is 0.323 e. The average molecular weight is 216 g/mol. The van der Waals surface area contributed by atoms with Crippen LogP contribution in [0.1, 0.15) is 40.0 Å². The zero-order chi connectivity index (χ0) is 12.1. The highest BCUT2D eigenvalue weighted by Gasteiger charge is 2.37. The Kier molecular flexibility index (Phi) is 5.28. The molecule has 0 saturated heterocycles. The van der Waals surface area contributed by atoms with Crippen molar-refractivity contribution in [1.29, 1.82) is 0 Å². The Hall–Kier alpha value is -1.10. The molecule has 4 N–H and O–H groups in total. The van der Waals surface area contributed by atoms with Crippen LogP contribution in [0.4, 0.5) is 0 Å². The van der Waals surface area contributed by atoms with Crippen LogP contribution >= 0.6 is 0 Å². The Morgan fingerprint density at radius 2 is 1.80 bits per heavy atom. The molecule has 0 aliphatic rings. The van der Waals surface area contributed by atoms with Crippen molar-refractivity contribution in [3.05, 3.63) is 0 Å². The van der Waals surface area contributed by atoms with Gasteiger partial charge in [-0.2, -0.15) is 0 Å². The topological polar surface area (TPSA) is 92.4 Å². The Balaban J connectivity index is 4.80. The Morgan fingerprint density at radius 1 is 1.33 bits per heavy atom. The fourth-order valence-electron chi connectivity index (χ4n) is 1.53. The molecule has 0 aromatic heterocycles. The number of nitrogens with one attached hydrogen (secondary N) is 1. The molecule has 0 heterocycles. The molecule has 88 valence electrons. The minimum atomic E-state index is -1.05. The van der Waals surface area contributed by atoms with Crippen LogP contribution in [0.25, 0.3) is 0 Å². The molecule has 1 amide bonds. The van der Waals surface area contributed by atoms with Crippen LogP contribution in [0.5, 0.6) is 0 Å². The van der Waals surface area contributed by atoms with Crippen LogP contribution in [0.2, 0.25) is 0 Å². The third kappa shape index (κ3) is 3.20. The van der Waals surface area contributed by atoms with Crippen molar-refractivity contribution in [3.63, 3.8) is 0 Å². The normalized spacial score (nSPS) is 13.5. The number of primary amides is 1. The lowest BCUT2D eigenvalue weighted by Crippen LogP contribution is -2.58. The molecule has 0 aromatic rings. The van der Waals surface area contributed by atoms with E-state index in [2.05, 4.69) is 5.32 Å². The first kappa shape index (κ1) is 13.9. The van der Waals surface area contributed by atoms with Crippen LogP contribution in [0.15, 0.2) is 0 Å². The molecular weight excluding hydrogens is 196 g/mol. The summed E-state index contributed by atoms with van der Waals surface area (Å²) >= 11 is 0. The zero-order valence-corrected chi connectivity index (χ0v) is 9.54. The molecule has 15 heavy (non-hydrogen) atoms. The predicted molar refractivity (Wildman–Crippen MR) is 57.4 cm³/mol. The van der Waals surface area contributed by atoms with E-state index in [1.807, 2.05) is 0 Å². The molecular formula is C10H20N2O3. The second-order valence-corrected chi connectivity index (χ2v) is 3.60. The number of rotatable bonds is 7. The van der Waals surface area contributed by atoms with Gasteiger partial charge in [-0.3, -0.25) is 14.9 Å². The number of carbonyl (C=O) groups excluding carboxylic acids is 1. The molecule has 0 aliphatic heterocycles.